The Morgan fingerprint density at radius 2 is 2.31 bits per heavy atom. The second kappa shape index (κ2) is 4.90. The van der Waals surface area contributed by atoms with Crippen molar-refractivity contribution in [1.29, 1.82) is 0 Å². The van der Waals surface area contributed by atoms with Crippen LogP contribution >= 0.6 is 0 Å². The van der Waals surface area contributed by atoms with Gasteiger partial charge in [0, 0.05) is 18.4 Å². The van der Waals surface area contributed by atoms with Crippen LogP contribution in [0.15, 0.2) is 35.1 Å². The van der Waals surface area contributed by atoms with E-state index in [4.69, 9.17) is 4.42 Å². The molecule has 0 saturated heterocycles. The topological polar surface area (TPSA) is 51.0 Å². The summed E-state index contributed by atoms with van der Waals surface area (Å²) in [5.41, 5.74) is 1.16. The number of nitrogens with one attached hydrogen (secondary N) is 1. The molecule has 0 aliphatic carbocycles. The maximum Gasteiger partial charge on any atom is 0.208 e. The fourth-order valence-corrected chi connectivity index (χ4v) is 1.47. The molecule has 1 atom stereocenters. The van der Waals surface area contributed by atoms with Crippen molar-refractivity contribution in [3.8, 4) is 0 Å². The van der Waals surface area contributed by atoms with Gasteiger partial charge >= 0.3 is 0 Å². The van der Waals surface area contributed by atoms with Gasteiger partial charge < -0.3 is 9.73 Å². The monoisotopic (exact) mass is 217 g/mol. The maximum absolute atomic E-state index is 5.38. The summed E-state index contributed by atoms with van der Waals surface area (Å²) in [6.07, 6.45) is 5.36. The van der Waals surface area contributed by atoms with E-state index >= 15 is 0 Å². The van der Waals surface area contributed by atoms with Crippen molar-refractivity contribution in [2.45, 2.75) is 26.4 Å². The van der Waals surface area contributed by atoms with Crippen LogP contribution in [0.5, 0.6) is 0 Å². The Morgan fingerprint density at radius 3 is 2.94 bits per heavy atom. The standard InChI is InChI=1S/C12H15N3O/c1-9-6-15-12(16-9)8-14-10(2)11-4-3-5-13-7-11/h3-7,10,14H,8H2,1-2H3. The van der Waals surface area contributed by atoms with Crippen LogP contribution in [0.25, 0.3) is 0 Å². The second-order valence-corrected chi connectivity index (χ2v) is 3.75. The largest absolute Gasteiger partial charge is 0.445 e. The molecule has 0 fully saturated rings. The van der Waals surface area contributed by atoms with Crippen LogP contribution in [0.2, 0.25) is 0 Å². The molecule has 2 heterocycles. The third-order valence-electron chi connectivity index (χ3n) is 2.41. The summed E-state index contributed by atoms with van der Waals surface area (Å²) in [4.78, 5) is 8.22. The normalized spacial score (nSPS) is 12.6. The zero-order chi connectivity index (χ0) is 11.4. The SMILES string of the molecule is Cc1cnc(CNC(C)c2cccnc2)o1. The third-order valence-corrected chi connectivity index (χ3v) is 2.41. The minimum absolute atomic E-state index is 0.237. The minimum atomic E-state index is 0.237. The second-order valence-electron chi connectivity index (χ2n) is 3.75. The van der Waals surface area contributed by atoms with Crippen LogP contribution in [0.4, 0.5) is 0 Å². The van der Waals surface area contributed by atoms with Crippen molar-refractivity contribution < 1.29 is 4.42 Å². The van der Waals surface area contributed by atoms with Crippen molar-refractivity contribution >= 4 is 0 Å². The molecule has 0 amide bonds. The highest BCUT2D eigenvalue weighted by Gasteiger charge is 2.06. The summed E-state index contributed by atoms with van der Waals surface area (Å²) in [5.74, 6) is 1.55. The van der Waals surface area contributed by atoms with E-state index in [-0.39, 0.29) is 6.04 Å². The van der Waals surface area contributed by atoms with Gasteiger partial charge in [-0.3, -0.25) is 4.98 Å². The number of aryl methyl sites for hydroxylation is 1. The summed E-state index contributed by atoms with van der Waals surface area (Å²) in [6, 6.07) is 4.22. The molecule has 0 aliphatic heterocycles. The Balaban J connectivity index is 1.91. The van der Waals surface area contributed by atoms with Gasteiger partial charge in [0.2, 0.25) is 5.89 Å². The summed E-state index contributed by atoms with van der Waals surface area (Å²) in [7, 11) is 0. The summed E-state index contributed by atoms with van der Waals surface area (Å²) < 4.78 is 5.38. The van der Waals surface area contributed by atoms with Crippen LogP contribution < -0.4 is 5.32 Å². The van der Waals surface area contributed by atoms with Gasteiger partial charge in [0.15, 0.2) is 0 Å². The molecule has 1 unspecified atom stereocenters. The average molecular weight is 217 g/mol. The molecule has 2 aromatic heterocycles. The number of pyridine rings is 1. The summed E-state index contributed by atoms with van der Waals surface area (Å²) in [5, 5.41) is 3.33. The van der Waals surface area contributed by atoms with E-state index in [0.717, 1.165) is 11.3 Å². The predicted molar refractivity (Wildman–Crippen MR) is 60.7 cm³/mol. The van der Waals surface area contributed by atoms with Gasteiger partial charge in [0.05, 0.1) is 12.7 Å². The summed E-state index contributed by atoms with van der Waals surface area (Å²) in [6.45, 7) is 4.61. The molecular formula is C12H15N3O. The van der Waals surface area contributed by atoms with Crippen molar-refractivity contribution in [3.05, 3.63) is 47.9 Å². The molecular weight excluding hydrogens is 202 g/mol. The minimum Gasteiger partial charge on any atom is -0.445 e. The molecule has 0 bridgehead atoms. The quantitative estimate of drug-likeness (QED) is 0.853. The third kappa shape index (κ3) is 2.67. The van der Waals surface area contributed by atoms with E-state index in [0.29, 0.717) is 12.4 Å². The van der Waals surface area contributed by atoms with Gasteiger partial charge in [-0.25, -0.2) is 4.98 Å². The first-order valence-electron chi connectivity index (χ1n) is 5.30. The fraction of sp³-hybridized carbons (Fsp3) is 0.333. The number of nitrogens with zero attached hydrogens (tertiary/aromatic N) is 2. The van der Waals surface area contributed by atoms with Crippen molar-refractivity contribution in [3.63, 3.8) is 0 Å². The molecule has 4 nitrogen and oxygen atoms in total. The van der Waals surface area contributed by atoms with Gasteiger partial charge in [-0.05, 0) is 25.5 Å². The molecule has 4 heteroatoms. The molecule has 2 rings (SSSR count). The first-order valence-corrected chi connectivity index (χ1v) is 5.30. The van der Waals surface area contributed by atoms with Gasteiger partial charge in [-0.1, -0.05) is 6.07 Å². The van der Waals surface area contributed by atoms with Crippen molar-refractivity contribution in [2.24, 2.45) is 0 Å². The molecule has 0 radical (unpaired) electrons. The molecule has 0 aliphatic rings. The number of hydrogen-bond donors (Lipinski definition) is 1. The highest BCUT2D eigenvalue weighted by molar-refractivity contribution is 5.12. The average Bonchev–Trinajstić information content (AvgIpc) is 2.73. The van der Waals surface area contributed by atoms with Crippen LogP contribution in [0, 0.1) is 6.92 Å². The number of oxazole rings is 1. The molecule has 2 aromatic rings. The van der Waals surface area contributed by atoms with E-state index in [9.17, 15) is 0 Å². The Kier molecular flexibility index (Phi) is 3.31. The molecule has 84 valence electrons. The lowest BCUT2D eigenvalue weighted by atomic mass is 10.1. The number of rotatable bonds is 4. The Labute approximate surface area is 94.7 Å². The maximum atomic E-state index is 5.38. The van der Waals surface area contributed by atoms with E-state index in [1.807, 2.05) is 25.3 Å². The fourth-order valence-electron chi connectivity index (χ4n) is 1.47. The first-order chi connectivity index (χ1) is 7.75. The van der Waals surface area contributed by atoms with E-state index in [2.05, 4.69) is 22.2 Å². The lowest BCUT2D eigenvalue weighted by Gasteiger charge is -2.11. The highest BCUT2D eigenvalue weighted by Crippen LogP contribution is 2.11. The van der Waals surface area contributed by atoms with Crippen molar-refractivity contribution in [1.82, 2.24) is 15.3 Å². The zero-order valence-electron chi connectivity index (χ0n) is 9.47. The molecule has 0 spiro atoms. The number of hydrogen-bond acceptors (Lipinski definition) is 4. The lowest BCUT2D eigenvalue weighted by Crippen LogP contribution is -2.18. The van der Waals surface area contributed by atoms with Crippen LogP contribution in [-0.4, -0.2) is 9.97 Å². The first kappa shape index (κ1) is 10.8. The van der Waals surface area contributed by atoms with E-state index < -0.39 is 0 Å². The van der Waals surface area contributed by atoms with E-state index in [1.54, 1.807) is 12.4 Å². The van der Waals surface area contributed by atoms with Crippen molar-refractivity contribution in [2.75, 3.05) is 0 Å². The molecule has 0 saturated carbocycles. The van der Waals surface area contributed by atoms with Gasteiger partial charge in [-0.15, -0.1) is 0 Å². The smallest absolute Gasteiger partial charge is 0.208 e. The van der Waals surface area contributed by atoms with Gasteiger partial charge in [-0.2, -0.15) is 0 Å². The Bertz CT molecular complexity index is 439. The number of aromatic nitrogens is 2. The summed E-state index contributed by atoms with van der Waals surface area (Å²) >= 11 is 0. The van der Waals surface area contributed by atoms with Crippen LogP contribution in [0.1, 0.15) is 30.2 Å². The Morgan fingerprint density at radius 1 is 1.44 bits per heavy atom. The molecule has 0 aromatic carbocycles. The highest BCUT2D eigenvalue weighted by atomic mass is 16.4. The Hall–Kier alpha value is -1.68. The zero-order valence-corrected chi connectivity index (χ0v) is 9.47. The van der Waals surface area contributed by atoms with Crippen LogP contribution in [0.3, 0.4) is 0 Å². The van der Waals surface area contributed by atoms with E-state index in [1.165, 1.54) is 0 Å². The van der Waals surface area contributed by atoms with Gasteiger partial charge in [0.1, 0.15) is 5.76 Å². The molecule has 1 N–H and O–H groups in total. The lowest BCUT2D eigenvalue weighted by molar-refractivity contribution is 0.432. The van der Waals surface area contributed by atoms with Gasteiger partial charge in [0.25, 0.3) is 0 Å². The van der Waals surface area contributed by atoms with Crippen LogP contribution in [-0.2, 0) is 6.54 Å². The predicted octanol–water partition coefficient (Wildman–Crippen LogP) is 2.23. The molecule has 16 heavy (non-hydrogen) atoms.